The number of nitrogens with zero attached hydrogens (tertiary/aromatic N) is 2. The molecular formula is C55H57N3. The molecule has 3 aliphatic rings. The number of terminal acetylenes is 1. The Morgan fingerprint density at radius 2 is 1.41 bits per heavy atom. The van der Waals surface area contributed by atoms with Gasteiger partial charge < -0.3 is 10.6 Å². The van der Waals surface area contributed by atoms with E-state index < -0.39 is 0 Å². The molecule has 5 aromatic carbocycles. The summed E-state index contributed by atoms with van der Waals surface area (Å²) in [4.78, 5) is 7.11. The van der Waals surface area contributed by atoms with Crippen LogP contribution in [-0.4, -0.2) is 6.21 Å². The van der Waals surface area contributed by atoms with Crippen LogP contribution in [0.2, 0.25) is 0 Å². The van der Waals surface area contributed by atoms with Crippen molar-refractivity contribution < 1.29 is 0 Å². The fraction of sp³-hybridized carbons (Fsp3) is 0.182. The van der Waals surface area contributed by atoms with E-state index in [-0.39, 0.29) is 12.0 Å². The number of nitrogens with two attached hydrogens (primary N) is 1. The Balaban J connectivity index is 0.000000394. The zero-order valence-electron chi connectivity index (χ0n) is 34.6. The van der Waals surface area contributed by atoms with E-state index >= 15 is 0 Å². The van der Waals surface area contributed by atoms with Gasteiger partial charge in [0.15, 0.2) is 0 Å². The predicted molar refractivity (Wildman–Crippen MR) is 252 cm³/mol. The van der Waals surface area contributed by atoms with Crippen LogP contribution < -0.4 is 10.6 Å². The largest absolute Gasteiger partial charge is 0.324 e. The quantitative estimate of drug-likeness (QED) is 0.133. The van der Waals surface area contributed by atoms with Crippen LogP contribution in [0, 0.1) is 18.3 Å². The van der Waals surface area contributed by atoms with Gasteiger partial charge in [-0.15, -0.1) is 12.3 Å². The third-order valence-corrected chi connectivity index (χ3v) is 10.1. The Kier molecular flexibility index (Phi) is 16.4. The minimum absolute atomic E-state index is 0.159. The van der Waals surface area contributed by atoms with Gasteiger partial charge in [0, 0.05) is 35.8 Å². The van der Waals surface area contributed by atoms with Crippen LogP contribution in [0.5, 0.6) is 0 Å². The molecule has 3 nitrogen and oxygen atoms in total. The lowest BCUT2D eigenvalue weighted by atomic mass is 9.79. The smallest absolute Gasteiger partial charge is 0.0639 e. The lowest BCUT2D eigenvalue weighted by Gasteiger charge is -2.35. The first-order valence-corrected chi connectivity index (χ1v) is 20.4. The van der Waals surface area contributed by atoms with Crippen molar-refractivity contribution in [3.8, 4) is 12.3 Å². The van der Waals surface area contributed by atoms with Crippen LogP contribution >= 0.6 is 0 Å². The summed E-state index contributed by atoms with van der Waals surface area (Å²) in [6.45, 7) is 13.0. The highest BCUT2D eigenvalue weighted by Gasteiger charge is 2.28. The van der Waals surface area contributed by atoms with Gasteiger partial charge in [0.05, 0.1) is 6.54 Å². The number of aliphatic imine (C=N–C) groups is 1. The summed E-state index contributed by atoms with van der Waals surface area (Å²) >= 11 is 0. The van der Waals surface area contributed by atoms with E-state index in [0.717, 1.165) is 36.1 Å². The molecule has 0 amide bonds. The maximum absolute atomic E-state index is 5.61. The minimum Gasteiger partial charge on any atom is -0.324 e. The van der Waals surface area contributed by atoms with Crippen LogP contribution in [0.25, 0.3) is 16.7 Å². The van der Waals surface area contributed by atoms with E-state index in [0.29, 0.717) is 6.54 Å². The molecule has 0 radical (unpaired) electrons. The van der Waals surface area contributed by atoms with Crippen LogP contribution in [0.15, 0.2) is 199 Å². The molecule has 2 atom stereocenters. The SMILES string of the molecule is C#CC.C=C1C2=C(C=C(c3ccccc3)CC2)N(c2ccc(C=NCc3ccccc3)cc2)/C=C(/C2C=CC=CC2)c2ccccc21.CC.CC(N)c1ccccc1. The second-order valence-corrected chi connectivity index (χ2v) is 14.1. The number of hydrogen-bond acceptors (Lipinski definition) is 3. The van der Waals surface area contributed by atoms with Gasteiger partial charge in [-0.05, 0) is 107 Å². The predicted octanol–water partition coefficient (Wildman–Crippen LogP) is 13.8. The number of anilines is 1. The Bertz CT molecular complexity index is 2300. The van der Waals surface area contributed by atoms with Crippen molar-refractivity contribution >= 4 is 28.6 Å². The monoisotopic (exact) mass is 759 g/mol. The van der Waals surface area contributed by atoms with E-state index in [2.05, 4.69) is 157 Å². The Labute approximate surface area is 348 Å². The summed E-state index contributed by atoms with van der Waals surface area (Å²) in [5, 5.41) is 0. The number of fused-ring (bicyclic) bond motifs is 1. The molecule has 0 spiro atoms. The molecule has 0 saturated carbocycles. The van der Waals surface area contributed by atoms with Gasteiger partial charge in [0.2, 0.25) is 0 Å². The third kappa shape index (κ3) is 11.3. The van der Waals surface area contributed by atoms with E-state index in [1.54, 1.807) is 6.92 Å². The van der Waals surface area contributed by atoms with Gasteiger partial charge in [0.1, 0.15) is 0 Å². The molecule has 0 fully saturated rings. The summed E-state index contributed by atoms with van der Waals surface area (Å²) in [5.74, 6) is 2.53. The Morgan fingerprint density at radius 3 is 2.02 bits per heavy atom. The van der Waals surface area contributed by atoms with Crippen molar-refractivity contribution in [1.82, 2.24) is 0 Å². The molecule has 2 unspecified atom stereocenters. The van der Waals surface area contributed by atoms with Crippen molar-refractivity contribution in [1.29, 1.82) is 0 Å². The van der Waals surface area contributed by atoms with Crippen LogP contribution in [-0.2, 0) is 6.54 Å². The molecule has 2 aliphatic carbocycles. The summed E-state index contributed by atoms with van der Waals surface area (Å²) in [7, 11) is 0. The lowest BCUT2D eigenvalue weighted by Crippen LogP contribution is -2.23. The Hall–Kier alpha value is -6.47. The molecule has 0 aromatic heterocycles. The molecule has 1 heterocycles. The standard InChI is InChI=1S/C42H36N2.C8H11N.C3H4.C2H6/c1-31-38-19-11-12-20-40(38)41(35-17-9-4-10-18-35)30-44(42-27-36(23-26-39(31)42)34-15-7-3-8-16-34)37-24-21-33(22-25-37)29-43-28-32-13-5-2-6-14-32;1-7(9)8-5-3-2-4-6-8;1-3-2;1-2/h2-17,19-22,24-25,27,29-30,35H,1,18,23,26,28H2;2-7H,9H2,1H3;1H,2H3;1-2H3/b41-30-,43-29?;;;. The molecule has 3 heteroatoms. The summed E-state index contributed by atoms with van der Waals surface area (Å²) in [5.41, 5.74) is 20.3. The van der Waals surface area contributed by atoms with Gasteiger partial charge in [-0.3, -0.25) is 4.99 Å². The molecule has 0 saturated heterocycles. The highest BCUT2D eigenvalue weighted by Crippen LogP contribution is 2.45. The van der Waals surface area contributed by atoms with E-state index in [4.69, 9.17) is 17.3 Å². The van der Waals surface area contributed by atoms with Crippen molar-refractivity contribution in [2.45, 2.75) is 59.5 Å². The van der Waals surface area contributed by atoms with Gasteiger partial charge >= 0.3 is 0 Å². The number of hydrogen-bond donors (Lipinski definition) is 1. The lowest BCUT2D eigenvalue weighted by molar-refractivity contribution is 0.818. The third-order valence-electron chi connectivity index (χ3n) is 10.1. The van der Waals surface area contributed by atoms with Crippen molar-refractivity contribution in [3.63, 3.8) is 0 Å². The second-order valence-electron chi connectivity index (χ2n) is 14.1. The molecule has 1 aliphatic heterocycles. The van der Waals surface area contributed by atoms with Gasteiger partial charge in [-0.25, -0.2) is 0 Å². The number of allylic oxidation sites excluding steroid dienone is 9. The average Bonchev–Trinajstić information content (AvgIpc) is 3.29. The first-order valence-electron chi connectivity index (χ1n) is 20.4. The van der Waals surface area contributed by atoms with Gasteiger partial charge in [-0.2, -0.15) is 0 Å². The number of rotatable bonds is 7. The maximum atomic E-state index is 5.61. The molecule has 2 N–H and O–H groups in total. The first-order chi connectivity index (χ1) is 28.5. The molecule has 58 heavy (non-hydrogen) atoms. The maximum Gasteiger partial charge on any atom is 0.0639 e. The minimum atomic E-state index is 0.159. The molecule has 8 rings (SSSR count). The molecule has 5 aromatic rings. The normalized spacial score (nSPS) is 16.8. The second kappa shape index (κ2) is 22.3. The molecule has 0 bridgehead atoms. The van der Waals surface area contributed by atoms with E-state index in [9.17, 15) is 0 Å². The van der Waals surface area contributed by atoms with Crippen LogP contribution in [0.1, 0.15) is 86.4 Å². The van der Waals surface area contributed by atoms with Crippen molar-refractivity contribution in [2.24, 2.45) is 16.6 Å². The highest BCUT2D eigenvalue weighted by atomic mass is 15.1. The molecule has 292 valence electrons. The summed E-state index contributed by atoms with van der Waals surface area (Å²) in [6, 6.07) is 49.0. The fourth-order valence-corrected chi connectivity index (χ4v) is 7.19. The average molecular weight is 760 g/mol. The van der Waals surface area contributed by atoms with Crippen molar-refractivity contribution in [2.75, 3.05) is 4.90 Å². The number of benzene rings is 5. The molecular weight excluding hydrogens is 703 g/mol. The van der Waals surface area contributed by atoms with Crippen molar-refractivity contribution in [3.05, 3.63) is 227 Å². The zero-order chi connectivity index (χ0) is 41.1. The first kappa shape index (κ1) is 42.7. The van der Waals surface area contributed by atoms with Gasteiger partial charge in [0.25, 0.3) is 0 Å². The highest BCUT2D eigenvalue weighted by molar-refractivity contribution is 5.93. The van der Waals surface area contributed by atoms with E-state index in [1.807, 2.05) is 63.4 Å². The summed E-state index contributed by atoms with van der Waals surface area (Å²) < 4.78 is 0. The van der Waals surface area contributed by atoms with Crippen LogP contribution in [0.4, 0.5) is 5.69 Å². The van der Waals surface area contributed by atoms with Gasteiger partial charge in [-0.1, -0.05) is 172 Å². The van der Waals surface area contributed by atoms with E-state index in [1.165, 1.54) is 50.2 Å². The fourth-order valence-electron chi connectivity index (χ4n) is 7.19. The zero-order valence-corrected chi connectivity index (χ0v) is 34.6. The Morgan fingerprint density at radius 1 is 0.810 bits per heavy atom. The topological polar surface area (TPSA) is 41.6 Å². The summed E-state index contributed by atoms with van der Waals surface area (Å²) in [6.07, 6.45) is 23.2. The van der Waals surface area contributed by atoms with Crippen LogP contribution in [0.3, 0.4) is 0 Å².